The zero-order valence-corrected chi connectivity index (χ0v) is 15.8. The molecule has 0 saturated carbocycles. The Hall–Kier alpha value is -3.41. The molecule has 1 heterocycles. The first kappa shape index (κ1) is 18.4. The number of para-hydroxylation sites is 1. The largest absolute Gasteiger partial charge is 0.497 e. The molecule has 0 aliphatic carbocycles. The van der Waals surface area contributed by atoms with Crippen molar-refractivity contribution in [1.29, 1.82) is 0 Å². The second-order valence-electron chi connectivity index (χ2n) is 6.30. The third-order valence-electron chi connectivity index (χ3n) is 4.13. The van der Waals surface area contributed by atoms with E-state index in [2.05, 4.69) is 20.6 Å². The molecule has 1 amide bonds. The van der Waals surface area contributed by atoms with Crippen LogP contribution in [0.3, 0.4) is 0 Å². The second kappa shape index (κ2) is 7.86. The topological polar surface area (TPSA) is 76.1 Å². The molecule has 0 aliphatic heterocycles. The number of ether oxygens (including phenoxy) is 1. The molecule has 27 heavy (non-hydrogen) atoms. The van der Waals surface area contributed by atoms with Crippen LogP contribution in [0.2, 0.25) is 0 Å². The summed E-state index contributed by atoms with van der Waals surface area (Å²) in [6.07, 6.45) is 0. The summed E-state index contributed by atoms with van der Waals surface area (Å²) in [5.41, 5.74) is 4.75. The third-order valence-corrected chi connectivity index (χ3v) is 4.13. The van der Waals surface area contributed by atoms with Crippen LogP contribution in [0.25, 0.3) is 0 Å². The van der Waals surface area contributed by atoms with Gasteiger partial charge in [-0.1, -0.05) is 24.3 Å². The molecule has 6 nitrogen and oxygen atoms in total. The fraction of sp³-hybridized carbons (Fsp3) is 0.190. The molecule has 2 N–H and O–H groups in total. The van der Waals surface area contributed by atoms with Gasteiger partial charge in [0, 0.05) is 23.1 Å². The molecule has 2 aromatic carbocycles. The number of aromatic nitrogens is 2. The number of aryl methyl sites for hydroxylation is 3. The highest BCUT2D eigenvalue weighted by molar-refractivity contribution is 6.03. The van der Waals surface area contributed by atoms with E-state index in [0.29, 0.717) is 28.8 Å². The normalized spacial score (nSPS) is 10.4. The van der Waals surface area contributed by atoms with Crippen molar-refractivity contribution in [2.45, 2.75) is 20.8 Å². The van der Waals surface area contributed by atoms with E-state index in [1.165, 1.54) is 0 Å². The van der Waals surface area contributed by atoms with E-state index in [1.54, 1.807) is 25.3 Å². The first-order valence-corrected chi connectivity index (χ1v) is 8.60. The Balaban J connectivity index is 1.85. The SMILES string of the molecule is COc1cccc(NC(=O)c2cc(C)nc(Nc3c(C)cccc3C)n2)c1. The van der Waals surface area contributed by atoms with Gasteiger partial charge < -0.3 is 15.4 Å². The molecule has 3 rings (SSSR count). The minimum Gasteiger partial charge on any atom is -0.497 e. The van der Waals surface area contributed by atoms with Gasteiger partial charge in [-0.15, -0.1) is 0 Å². The highest BCUT2D eigenvalue weighted by Crippen LogP contribution is 2.23. The lowest BCUT2D eigenvalue weighted by Crippen LogP contribution is -2.15. The number of hydrogen-bond acceptors (Lipinski definition) is 5. The number of rotatable bonds is 5. The minimum atomic E-state index is -0.307. The number of methoxy groups -OCH3 is 1. The van der Waals surface area contributed by atoms with Crippen molar-refractivity contribution < 1.29 is 9.53 Å². The summed E-state index contributed by atoms with van der Waals surface area (Å²) in [5.74, 6) is 0.755. The van der Waals surface area contributed by atoms with Crippen LogP contribution in [0.1, 0.15) is 27.3 Å². The number of benzene rings is 2. The van der Waals surface area contributed by atoms with E-state index in [1.807, 2.05) is 51.1 Å². The number of carbonyl (C=O) groups excluding carboxylic acids is 1. The molecular weight excluding hydrogens is 340 g/mol. The molecular formula is C21H22N4O2. The molecule has 0 saturated heterocycles. The molecule has 1 aromatic heterocycles. The zero-order valence-electron chi connectivity index (χ0n) is 15.8. The van der Waals surface area contributed by atoms with Gasteiger partial charge in [-0.05, 0) is 50.1 Å². The number of amides is 1. The van der Waals surface area contributed by atoms with Crippen molar-refractivity contribution in [2.24, 2.45) is 0 Å². The van der Waals surface area contributed by atoms with E-state index in [9.17, 15) is 4.79 Å². The fourth-order valence-corrected chi connectivity index (χ4v) is 2.76. The maximum absolute atomic E-state index is 12.6. The van der Waals surface area contributed by atoms with Crippen molar-refractivity contribution in [2.75, 3.05) is 17.7 Å². The summed E-state index contributed by atoms with van der Waals surface area (Å²) in [6.45, 7) is 5.86. The third kappa shape index (κ3) is 4.41. The Morgan fingerprint density at radius 2 is 1.67 bits per heavy atom. The van der Waals surface area contributed by atoms with Crippen LogP contribution in [0.4, 0.5) is 17.3 Å². The van der Waals surface area contributed by atoms with Crippen LogP contribution in [0, 0.1) is 20.8 Å². The Labute approximate surface area is 158 Å². The molecule has 3 aromatic rings. The standard InChI is InChI=1S/C21H22N4O2/c1-13-7-5-8-14(2)19(13)25-21-22-15(3)11-18(24-21)20(26)23-16-9-6-10-17(12-16)27-4/h5-12H,1-4H3,(H,23,26)(H,22,24,25). The van der Waals surface area contributed by atoms with E-state index in [0.717, 1.165) is 16.8 Å². The van der Waals surface area contributed by atoms with E-state index in [4.69, 9.17) is 4.74 Å². The summed E-state index contributed by atoms with van der Waals surface area (Å²) in [6, 6.07) is 14.9. The number of hydrogen-bond donors (Lipinski definition) is 2. The number of nitrogens with one attached hydrogen (secondary N) is 2. The van der Waals surface area contributed by atoms with E-state index >= 15 is 0 Å². The molecule has 0 unspecified atom stereocenters. The van der Waals surface area contributed by atoms with Gasteiger partial charge in [0.25, 0.3) is 5.91 Å². The van der Waals surface area contributed by atoms with Crippen molar-refractivity contribution in [3.05, 3.63) is 71.0 Å². The van der Waals surface area contributed by atoms with Gasteiger partial charge in [-0.3, -0.25) is 4.79 Å². The van der Waals surface area contributed by atoms with Crippen LogP contribution in [-0.4, -0.2) is 23.0 Å². The zero-order chi connectivity index (χ0) is 19.4. The molecule has 0 atom stereocenters. The Bertz CT molecular complexity index is 965. The highest BCUT2D eigenvalue weighted by atomic mass is 16.5. The summed E-state index contributed by atoms with van der Waals surface area (Å²) >= 11 is 0. The Morgan fingerprint density at radius 3 is 2.37 bits per heavy atom. The molecule has 0 aliphatic rings. The average Bonchev–Trinajstić information content (AvgIpc) is 2.64. The molecule has 0 spiro atoms. The van der Waals surface area contributed by atoms with Gasteiger partial charge in [0.2, 0.25) is 5.95 Å². The van der Waals surface area contributed by atoms with E-state index in [-0.39, 0.29) is 5.91 Å². The van der Waals surface area contributed by atoms with Crippen LogP contribution in [0.15, 0.2) is 48.5 Å². The van der Waals surface area contributed by atoms with Crippen molar-refractivity contribution >= 4 is 23.2 Å². The van der Waals surface area contributed by atoms with Gasteiger partial charge in [-0.25, -0.2) is 9.97 Å². The van der Waals surface area contributed by atoms with Crippen molar-refractivity contribution in [3.63, 3.8) is 0 Å². The first-order valence-electron chi connectivity index (χ1n) is 8.60. The number of nitrogens with zero attached hydrogens (tertiary/aromatic N) is 2. The lowest BCUT2D eigenvalue weighted by Gasteiger charge is -2.13. The summed E-state index contributed by atoms with van der Waals surface area (Å²) in [4.78, 5) is 21.4. The van der Waals surface area contributed by atoms with Gasteiger partial charge >= 0.3 is 0 Å². The predicted molar refractivity (Wildman–Crippen MR) is 107 cm³/mol. The Morgan fingerprint density at radius 1 is 0.963 bits per heavy atom. The molecule has 0 fully saturated rings. The maximum atomic E-state index is 12.6. The lowest BCUT2D eigenvalue weighted by molar-refractivity contribution is 0.102. The van der Waals surface area contributed by atoms with Crippen molar-refractivity contribution in [3.8, 4) is 5.75 Å². The highest BCUT2D eigenvalue weighted by Gasteiger charge is 2.13. The number of carbonyl (C=O) groups is 1. The quantitative estimate of drug-likeness (QED) is 0.703. The monoisotopic (exact) mass is 362 g/mol. The summed E-state index contributed by atoms with van der Waals surface area (Å²) < 4.78 is 5.18. The second-order valence-corrected chi connectivity index (χ2v) is 6.30. The van der Waals surface area contributed by atoms with Crippen LogP contribution >= 0.6 is 0 Å². The van der Waals surface area contributed by atoms with Gasteiger partial charge in [-0.2, -0.15) is 0 Å². The minimum absolute atomic E-state index is 0.291. The van der Waals surface area contributed by atoms with Crippen LogP contribution < -0.4 is 15.4 Å². The average molecular weight is 362 g/mol. The van der Waals surface area contributed by atoms with Gasteiger partial charge in [0.05, 0.1) is 7.11 Å². The van der Waals surface area contributed by atoms with Gasteiger partial charge in [0.15, 0.2) is 0 Å². The fourth-order valence-electron chi connectivity index (χ4n) is 2.76. The predicted octanol–water partition coefficient (Wildman–Crippen LogP) is 4.41. The van der Waals surface area contributed by atoms with Crippen LogP contribution in [0.5, 0.6) is 5.75 Å². The maximum Gasteiger partial charge on any atom is 0.274 e. The first-order chi connectivity index (χ1) is 13.0. The smallest absolute Gasteiger partial charge is 0.274 e. The lowest BCUT2D eigenvalue weighted by atomic mass is 10.1. The molecule has 0 radical (unpaired) electrons. The Kier molecular flexibility index (Phi) is 5.35. The molecule has 6 heteroatoms. The molecule has 0 bridgehead atoms. The molecule has 138 valence electrons. The summed E-state index contributed by atoms with van der Waals surface area (Å²) in [5, 5.41) is 6.07. The van der Waals surface area contributed by atoms with Gasteiger partial charge in [0.1, 0.15) is 11.4 Å². The van der Waals surface area contributed by atoms with Crippen LogP contribution in [-0.2, 0) is 0 Å². The number of anilines is 3. The summed E-state index contributed by atoms with van der Waals surface area (Å²) in [7, 11) is 1.58. The van der Waals surface area contributed by atoms with E-state index < -0.39 is 0 Å². The van der Waals surface area contributed by atoms with Crippen molar-refractivity contribution in [1.82, 2.24) is 9.97 Å².